The van der Waals surface area contributed by atoms with Gasteiger partial charge in [0, 0.05) is 11.1 Å². The third kappa shape index (κ3) is 3.79. The van der Waals surface area contributed by atoms with E-state index in [1.165, 1.54) is 24.2 Å². The number of amides is 1. The summed E-state index contributed by atoms with van der Waals surface area (Å²) in [5.74, 6) is -1.28. The fraction of sp³-hybridized carbons (Fsp3) is 0.438. The molecule has 0 unspecified atom stereocenters. The van der Waals surface area contributed by atoms with E-state index in [2.05, 4.69) is 10.4 Å². The van der Waals surface area contributed by atoms with Crippen LogP contribution in [-0.2, 0) is 4.79 Å². The quantitative estimate of drug-likeness (QED) is 0.851. The number of carbonyl (C=O) groups is 2. The molecule has 1 fully saturated rings. The van der Waals surface area contributed by atoms with E-state index >= 15 is 0 Å². The van der Waals surface area contributed by atoms with E-state index in [0.717, 1.165) is 17.7 Å². The van der Waals surface area contributed by atoms with Crippen LogP contribution in [0.1, 0.15) is 59.6 Å². The molecule has 0 saturated heterocycles. The standard InChI is InChI=1S/C16H19N3O3S/c20-15(21)10-13(14-6-3-9-23-14)17-16(22)12-7-8-19(18-12)11-4-1-2-5-11/h3,6-9,11,13H,1-2,4-5,10H2,(H,17,22)(H,20,21)/t13-/m1/s1. The summed E-state index contributed by atoms with van der Waals surface area (Å²) in [7, 11) is 0. The van der Waals surface area contributed by atoms with Gasteiger partial charge < -0.3 is 10.4 Å². The molecule has 0 aromatic carbocycles. The second kappa shape index (κ2) is 6.95. The molecule has 7 heteroatoms. The number of hydrogen-bond acceptors (Lipinski definition) is 4. The molecule has 3 rings (SSSR count). The first-order chi connectivity index (χ1) is 11.1. The molecule has 1 atom stereocenters. The van der Waals surface area contributed by atoms with Gasteiger partial charge in [-0.25, -0.2) is 0 Å². The monoisotopic (exact) mass is 333 g/mol. The lowest BCUT2D eigenvalue weighted by molar-refractivity contribution is -0.137. The molecule has 2 aromatic heterocycles. The van der Waals surface area contributed by atoms with Crippen molar-refractivity contribution >= 4 is 23.2 Å². The Kier molecular flexibility index (Phi) is 4.76. The Morgan fingerprint density at radius 1 is 1.39 bits per heavy atom. The number of nitrogens with zero attached hydrogens (tertiary/aromatic N) is 2. The summed E-state index contributed by atoms with van der Waals surface area (Å²) >= 11 is 1.43. The number of aromatic nitrogens is 2. The predicted octanol–water partition coefficient (Wildman–Crippen LogP) is 3.01. The first-order valence-electron chi connectivity index (χ1n) is 7.74. The van der Waals surface area contributed by atoms with E-state index < -0.39 is 12.0 Å². The van der Waals surface area contributed by atoms with Crippen molar-refractivity contribution in [1.82, 2.24) is 15.1 Å². The number of nitrogens with one attached hydrogen (secondary N) is 1. The first kappa shape index (κ1) is 15.7. The molecule has 2 aromatic rings. The molecular formula is C16H19N3O3S. The lowest BCUT2D eigenvalue weighted by Crippen LogP contribution is -2.30. The molecule has 0 bridgehead atoms. The minimum Gasteiger partial charge on any atom is -0.481 e. The van der Waals surface area contributed by atoms with Crippen molar-refractivity contribution in [1.29, 1.82) is 0 Å². The summed E-state index contributed by atoms with van der Waals surface area (Å²) in [4.78, 5) is 24.2. The van der Waals surface area contributed by atoms with Crippen LogP contribution in [0.15, 0.2) is 29.8 Å². The van der Waals surface area contributed by atoms with Crippen LogP contribution in [0.5, 0.6) is 0 Å². The zero-order chi connectivity index (χ0) is 16.2. The molecule has 2 N–H and O–H groups in total. The van der Waals surface area contributed by atoms with Crippen LogP contribution in [0.3, 0.4) is 0 Å². The molecule has 6 nitrogen and oxygen atoms in total. The van der Waals surface area contributed by atoms with Gasteiger partial charge in [-0.1, -0.05) is 18.9 Å². The zero-order valence-electron chi connectivity index (χ0n) is 12.6. The fourth-order valence-electron chi connectivity index (χ4n) is 2.95. The number of carboxylic acids is 1. The zero-order valence-corrected chi connectivity index (χ0v) is 13.5. The van der Waals surface area contributed by atoms with Crippen LogP contribution in [0, 0.1) is 0 Å². The van der Waals surface area contributed by atoms with Gasteiger partial charge in [0.15, 0.2) is 0 Å². The molecule has 1 aliphatic carbocycles. The van der Waals surface area contributed by atoms with Gasteiger partial charge in [0.1, 0.15) is 5.69 Å². The Bertz CT molecular complexity index is 675. The van der Waals surface area contributed by atoms with Crippen LogP contribution >= 0.6 is 11.3 Å². The van der Waals surface area contributed by atoms with Gasteiger partial charge in [-0.2, -0.15) is 5.10 Å². The fourth-order valence-corrected chi connectivity index (χ4v) is 3.73. The molecule has 0 spiro atoms. The van der Waals surface area contributed by atoms with Gasteiger partial charge in [-0.15, -0.1) is 11.3 Å². The summed E-state index contributed by atoms with van der Waals surface area (Å²) in [5, 5.41) is 18.1. The molecule has 1 aliphatic rings. The van der Waals surface area contributed by atoms with Gasteiger partial charge in [0.25, 0.3) is 5.91 Å². The Hall–Kier alpha value is -2.15. The molecule has 0 aliphatic heterocycles. The van der Waals surface area contributed by atoms with E-state index in [1.807, 2.05) is 28.4 Å². The van der Waals surface area contributed by atoms with Crippen LogP contribution in [0.25, 0.3) is 0 Å². The normalized spacial score (nSPS) is 16.3. The van der Waals surface area contributed by atoms with Crippen molar-refractivity contribution in [3.05, 3.63) is 40.3 Å². The summed E-state index contributed by atoms with van der Waals surface area (Å²) in [6, 6.07) is 5.21. The number of rotatable bonds is 6. The highest BCUT2D eigenvalue weighted by Crippen LogP contribution is 2.29. The van der Waals surface area contributed by atoms with Crippen LogP contribution in [-0.4, -0.2) is 26.8 Å². The molecule has 0 radical (unpaired) electrons. The number of hydrogen-bond donors (Lipinski definition) is 2. The first-order valence-corrected chi connectivity index (χ1v) is 8.62. The summed E-state index contributed by atoms with van der Waals surface area (Å²) in [6.07, 6.45) is 6.28. The summed E-state index contributed by atoms with van der Waals surface area (Å²) in [6.45, 7) is 0. The number of carboxylic acid groups (broad SMARTS) is 1. The number of carbonyl (C=O) groups excluding carboxylic acids is 1. The molecule has 122 valence electrons. The topological polar surface area (TPSA) is 84.2 Å². The maximum absolute atomic E-state index is 12.4. The number of aliphatic carboxylic acids is 1. The van der Waals surface area contributed by atoms with Gasteiger partial charge in [-0.05, 0) is 30.4 Å². The molecule has 1 saturated carbocycles. The van der Waals surface area contributed by atoms with Crippen LogP contribution < -0.4 is 5.32 Å². The predicted molar refractivity (Wildman–Crippen MR) is 86.5 cm³/mol. The van der Waals surface area contributed by atoms with Gasteiger partial charge >= 0.3 is 5.97 Å². The van der Waals surface area contributed by atoms with E-state index in [9.17, 15) is 9.59 Å². The molecule has 1 amide bonds. The highest BCUT2D eigenvalue weighted by molar-refractivity contribution is 7.10. The average molecular weight is 333 g/mol. The van der Waals surface area contributed by atoms with Crippen LogP contribution in [0.2, 0.25) is 0 Å². The van der Waals surface area contributed by atoms with E-state index in [1.54, 1.807) is 6.07 Å². The maximum Gasteiger partial charge on any atom is 0.305 e. The lowest BCUT2D eigenvalue weighted by atomic mass is 10.1. The Balaban J connectivity index is 1.70. The second-order valence-corrected chi connectivity index (χ2v) is 6.74. The van der Waals surface area contributed by atoms with Gasteiger partial charge in [0.2, 0.25) is 0 Å². The van der Waals surface area contributed by atoms with Crippen molar-refractivity contribution < 1.29 is 14.7 Å². The third-order valence-electron chi connectivity index (χ3n) is 4.11. The molecule has 23 heavy (non-hydrogen) atoms. The number of thiophene rings is 1. The third-order valence-corrected chi connectivity index (χ3v) is 5.10. The summed E-state index contributed by atoms with van der Waals surface area (Å²) < 4.78 is 1.86. The molecular weight excluding hydrogens is 314 g/mol. The Morgan fingerprint density at radius 3 is 2.83 bits per heavy atom. The minimum atomic E-state index is -0.944. The van der Waals surface area contributed by atoms with E-state index in [-0.39, 0.29) is 12.3 Å². The highest BCUT2D eigenvalue weighted by Gasteiger charge is 2.23. The Morgan fingerprint density at radius 2 is 2.17 bits per heavy atom. The van der Waals surface area contributed by atoms with E-state index in [4.69, 9.17) is 5.11 Å². The minimum absolute atomic E-state index is 0.143. The second-order valence-electron chi connectivity index (χ2n) is 5.76. The molecule has 2 heterocycles. The largest absolute Gasteiger partial charge is 0.481 e. The van der Waals surface area contributed by atoms with Crippen molar-refractivity contribution in [2.75, 3.05) is 0 Å². The van der Waals surface area contributed by atoms with Crippen molar-refractivity contribution in [3.63, 3.8) is 0 Å². The smallest absolute Gasteiger partial charge is 0.305 e. The van der Waals surface area contributed by atoms with E-state index in [0.29, 0.717) is 11.7 Å². The highest BCUT2D eigenvalue weighted by atomic mass is 32.1. The average Bonchev–Trinajstić information content (AvgIpc) is 3.25. The Labute approximate surface area is 138 Å². The SMILES string of the molecule is O=C(O)C[C@@H](NC(=O)c1ccn(C2CCCC2)n1)c1cccs1. The van der Waals surface area contributed by atoms with Gasteiger partial charge in [0.05, 0.1) is 18.5 Å². The van der Waals surface area contributed by atoms with Crippen LogP contribution in [0.4, 0.5) is 0 Å². The maximum atomic E-state index is 12.4. The lowest BCUT2D eigenvalue weighted by Gasteiger charge is -2.14. The van der Waals surface area contributed by atoms with Crippen molar-refractivity contribution in [2.45, 2.75) is 44.2 Å². The van der Waals surface area contributed by atoms with Crippen molar-refractivity contribution in [2.24, 2.45) is 0 Å². The van der Waals surface area contributed by atoms with Gasteiger partial charge in [-0.3, -0.25) is 14.3 Å². The van der Waals surface area contributed by atoms with Crippen molar-refractivity contribution in [3.8, 4) is 0 Å². The summed E-state index contributed by atoms with van der Waals surface area (Å²) in [5.41, 5.74) is 0.337.